The molecular weight excluding hydrogens is 212 g/mol. The predicted molar refractivity (Wildman–Crippen MR) is 70.2 cm³/mol. The Morgan fingerprint density at radius 1 is 1.35 bits per heavy atom. The van der Waals surface area contributed by atoms with E-state index in [-0.39, 0.29) is 5.41 Å². The normalized spacial score (nSPS) is 17.5. The summed E-state index contributed by atoms with van der Waals surface area (Å²) < 4.78 is 0. The van der Waals surface area contributed by atoms with Gasteiger partial charge >= 0.3 is 0 Å². The minimum absolute atomic E-state index is 0.0527. The quantitative estimate of drug-likeness (QED) is 0.834. The SMILES string of the molecule is Cc1cc(CN(C)C)c(O)c(C2(CN)CC2)c1. The van der Waals surface area contributed by atoms with Crippen LogP contribution in [0.1, 0.15) is 29.5 Å². The molecule has 0 aromatic heterocycles. The van der Waals surface area contributed by atoms with Gasteiger partial charge in [-0.25, -0.2) is 0 Å². The van der Waals surface area contributed by atoms with Crippen LogP contribution in [0.4, 0.5) is 0 Å². The standard InChI is InChI=1S/C14H22N2O/c1-10-6-11(8-16(2)3)13(17)12(7-10)14(9-15)4-5-14/h6-7,17H,4-5,8-9,15H2,1-3H3. The van der Waals surface area contributed by atoms with Crippen molar-refractivity contribution in [3.63, 3.8) is 0 Å². The van der Waals surface area contributed by atoms with Crippen LogP contribution < -0.4 is 5.73 Å². The van der Waals surface area contributed by atoms with Gasteiger partial charge in [0, 0.05) is 29.6 Å². The van der Waals surface area contributed by atoms with E-state index in [1.807, 2.05) is 14.1 Å². The number of aromatic hydroxyl groups is 1. The molecule has 1 saturated carbocycles. The van der Waals surface area contributed by atoms with E-state index in [0.29, 0.717) is 12.3 Å². The van der Waals surface area contributed by atoms with E-state index >= 15 is 0 Å². The Balaban J connectivity index is 2.43. The fourth-order valence-electron chi connectivity index (χ4n) is 2.45. The molecule has 0 spiro atoms. The van der Waals surface area contributed by atoms with E-state index < -0.39 is 0 Å². The summed E-state index contributed by atoms with van der Waals surface area (Å²) in [5, 5.41) is 10.4. The first-order valence-electron chi connectivity index (χ1n) is 6.16. The number of hydrogen-bond acceptors (Lipinski definition) is 3. The number of nitrogens with zero attached hydrogens (tertiary/aromatic N) is 1. The Kier molecular flexibility index (Phi) is 3.15. The number of phenolic OH excluding ortho intramolecular Hbond substituents is 1. The molecule has 1 aromatic rings. The maximum absolute atomic E-state index is 10.4. The first-order valence-corrected chi connectivity index (χ1v) is 6.16. The molecule has 2 rings (SSSR count). The average Bonchev–Trinajstić information content (AvgIpc) is 3.03. The van der Waals surface area contributed by atoms with Gasteiger partial charge in [-0.15, -0.1) is 0 Å². The molecule has 0 amide bonds. The van der Waals surface area contributed by atoms with Gasteiger partial charge in [0.15, 0.2) is 0 Å². The molecule has 1 aliphatic rings. The largest absolute Gasteiger partial charge is 0.507 e. The highest BCUT2D eigenvalue weighted by Crippen LogP contribution is 2.51. The molecule has 0 unspecified atom stereocenters. The van der Waals surface area contributed by atoms with Crippen molar-refractivity contribution in [1.82, 2.24) is 4.90 Å². The molecule has 0 saturated heterocycles. The third kappa shape index (κ3) is 2.31. The first-order chi connectivity index (χ1) is 7.98. The second-order valence-corrected chi connectivity index (χ2v) is 5.54. The average molecular weight is 234 g/mol. The molecule has 1 aliphatic carbocycles. The lowest BCUT2D eigenvalue weighted by atomic mass is 9.91. The van der Waals surface area contributed by atoms with Crippen molar-refractivity contribution in [1.29, 1.82) is 0 Å². The van der Waals surface area contributed by atoms with Gasteiger partial charge in [-0.05, 0) is 33.9 Å². The molecule has 0 radical (unpaired) electrons. The van der Waals surface area contributed by atoms with E-state index in [2.05, 4.69) is 24.0 Å². The lowest BCUT2D eigenvalue weighted by molar-refractivity contribution is 0.382. The second-order valence-electron chi connectivity index (χ2n) is 5.54. The van der Waals surface area contributed by atoms with Gasteiger partial charge in [0.05, 0.1) is 0 Å². The summed E-state index contributed by atoms with van der Waals surface area (Å²) in [5.41, 5.74) is 9.16. The van der Waals surface area contributed by atoms with Crippen molar-refractivity contribution in [2.75, 3.05) is 20.6 Å². The lowest BCUT2D eigenvalue weighted by Crippen LogP contribution is -2.21. The highest BCUT2D eigenvalue weighted by atomic mass is 16.3. The van der Waals surface area contributed by atoms with E-state index in [4.69, 9.17) is 5.73 Å². The number of phenols is 1. The van der Waals surface area contributed by atoms with Gasteiger partial charge in [-0.1, -0.05) is 17.7 Å². The molecule has 0 aliphatic heterocycles. The Morgan fingerprint density at radius 2 is 2.00 bits per heavy atom. The Morgan fingerprint density at radius 3 is 2.47 bits per heavy atom. The van der Waals surface area contributed by atoms with Gasteiger partial charge in [-0.2, -0.15) is 0 Å². The van der Waals surface area contributed by atoms with Crippen molar-refractivity contribution in [3.05, 3.63) is 28.8 Å². The van der Waals surface area contributed by atoms with E-state index in [1.165, 1.54) is 5.56 Å². The second kappa shape index (κ2) is 4.31. The van der Waals surface area contributed by atoms with Crippen LogP contribution in [0.15, 0.2) is 12.1 Å². The topological polar surface area (TPSA) is 49.5 Å². The summed E-state index contributed by atoms with van der Waals surface area (Å²) in [7, 11) is 4.02. The maximum Gasteiger partial charge on any atom is 0.123 e. The fraction of sp³-hybridized carbons (Fsp3) is 0.571. The van der Waals surface area contributed by atoms with Gasteiger partial charge in [-0.3, -0.25) is 0 Å². The van der Waals surface area contributed by atoms with Gasteiger partial charge in [0.2, 0.25) is 0 Å². The number of aryl methyl sites for hydroxylation is 1. The van der Waals surface area contributed by atoms with Gasteiger partial charge in [0.1, 0.15) is 5.75 Å². The molecule has 0 heterocycles. The molecule has 3 heteroatoms. The van der Waals surface area contributed by atoms with E-state index in [9.17, 15) is 5.11 Å². The van der Waals surface area contributed by atoms with Gasteiger partial charge < -0.3 is 15.7 Å². The van der Waals surface area contributed by atoms with Crippen LogP contribution in [0.5, 0.6) is 5.75 Å². The highest BCUT2D eigenvalue weighted by molar-refractivity contribution is 5.50. The van der Waals surface area contributed by atoms with Crippen molar-refractivity contribution in [2.24, 2.45) is 5.73 Å². The van der Waals surface area contributed by atoms with Crippen LogP contribution in [0.25, 0.3) is 0 Å². The molecule has 94 valence electrons. The molecule has 17 heavy (non-hydrogen) atoms. The summed E-state index contributed by atoms with van der Waals surface area (Å²) in [5.74, 6) is 0.451. The molecule has 3 nitrogen and oxygen atoms in total. The third-order valence-electron chi connectivity index (χ3n) is 3.64. The summed E-state index contributed by atoms with van der Waals surface area (Å²) in [4.78, 5) is 2.07. The number of benzene rings is 1. The highest BCUT2D eigenvalue weighted by Gasteiger charge is 2.45. The number of hydrogen-bond donors (Lipinski definition) is 2. The van der Waals surface area contributed by atoms with Crippen LogP contribution in [0.2, 0.25) is 0 Å². The van der Waals surface area contributed by atoms with Crippen molar-refractivity contribution >= 4 is 0 Å². The number of nitrogens with two attached hydrogens (primary N) is 1. The monoisotopic (exact) mass is 234 g/mol. The zero-order valence-electron chi connectivity index (χ0n) is 11.0. The Labute approximate surface area is 103 Å². The molecule has 3 N–H and O–H groups in total. The van der Waals surface area contributed by atoms with E-state index in [1.54, 1.807) is 0 Å². The molecule has 0 atom stereocenters. The third-order valence-corrected chi connectivity index (χ3v) is 3.64. The summed E-state index contributed by atoms with van der Waals surface area (Å²) in [6.45, 7) is 3.47. The van der Waals surface area contributed by atoms with Crippen LogP contribution in [-0.2, 0) is 12.0 Å². The van der Waals surface area contributed by atoms with Gasteiger partial charge in [0.25, 0.3) is 0 Å². The first kappa shape index (κ1) is 12.4. The smallest absolute Gasteiger partial charge is 0.123 e. The molecule has 1 fully saturated rings. The maximum atomic E-state index is 10.4. The summed E-state index contributed by atoms with van der Waals surface area (Å²) in [6, 6.07) is 4.15. The summed E-state index contributed by atoms with van der Waals surface area (Å²) in [6.07, 6.45) is 2.20. The van der Waals surface area contributed by atoms with Crippen LogP contribution in [-0.4, -0.2) is 30.6 Å². The zero-order valence-corrected chi connectivity index (χ0v) is 11.0. The lowest BCUT2D eigenvalue weighted by Gasteiger charge is -2.20. The van der Waals surface area contributed by atoms with Crippen molar-refractivity contribution < 1.29 is 5.11 Å². The summed E-state index contributed by atoms with van der Waals surface area (Å²) >= 11 is 0. The van der Waals surface area contributed by atoms with Crippen LogP contribution >= 0.6 is 0 Å². The fourth-order valence-corrected chi connectivity index (χ4v) is 2.45. The molecule has 0 bridgehead atoms. The zero-order chi connectivity index (χ0) is 12.6. The Bertz CT molecular complexity index is 422. The molecule has 1 aromatic carbocycles. The van der Waals surface area contributed by atoms with Crippen LogP contribution in [0.3, 0.4) is 0 Å². The van der Waals surface area contributed by atoms with Crippen LogP contribution in [0, 0.1) is 6.92 Å². The number of rotatable bonds is 4. The van der Waals surface area contributed by atoms with E-state index in [0.717, 1.165) is 30.5 Å². The predicted octanol–water partition coefficient (Wildman–Crippen LogP) is 1.75. The Hall–Kier alpha value is -1.06. The minimum Gasteiger partial charge on any atom is -0.507 e. The molecular formula is C14H22N2O. The van der Waals surface area contributed by atoms with Crippen molar-refractivity contribution in [2.45, 2.75) is 31.7 Å². The minimum atomic E-state index is 0.0527. The van der Waals surface area contributed by atoms with Crippen molar-refractivity contribution in [3.8, 4) is 5.75 Å².